The molecule has 33 heavy (non-hydrogen) atoms. The molecule has 1 saturated heterocycles. The molecule has 0 amide bonds. The molecule has 2 N–H and O–H groups in total. The molecular formula is C24H22N6O2S. The third-order valence-corrected chi connectivity index (χ3v) is 6.67. The van der Waals surface area contributed by atoms with E-state index in [4.69, 9.17) is 22.0 Å². The molecule has 9 heteroatoms. The largest absolute Gasteiger partial charge is 0.457 e. The Labute approximate surface area is 194 Å². The van der Waals surface area contributed by atoms with Gasteiger partial charge in [0, 0.05) is 23.9 Å². The third-order valence-electron chi connectivity index (χ3n) is 5.67. The summed E-state index contributed by atoms with van der Waals surface area (Å²) in [5.74, 6) is 1.85. The highest BCUT2D eigenvalue weighted by Gasteiger charge is 2.28. The van der Waals surface area contributed by atoms with Crippen molar-refractivity contribution in [2.24, 2.45) is 0 Å². The Hall–Kier alpha value is -3.74. The molecule has 3 heterocycles. The minimum atomic E-state index is -1.45. The van der Waals surface area contributed by atoms with Crippen LogP contribution in [0.4, 0.5) is 5.82 Å². The van der Waals surface area contributed by atoms with Gasteiger partial charge in [-0.15, -0.1) is 6.42 Å². The predicted octanol–water partition coefficient (Wildman–Crippen LogP) is 3.76. The van der Waals surface area contributed by atoms with Gasteiger partial charge in [-0.05, 0) is 49.2 Å². The topological polar surface area (TPSA) is 99.2 Å². The SMILES string of the molecule is C#CS(=O)N1CCCC(n2nc(-c3ccc(Oc4ccccc4)cc3)c3c(N)ncnc32)C1. The van der Waals surface area contributed by atoms with Gasteiger partial charge < -0.3 is 10.5 Å². The monoisotopic (exact) mass is 458 g/mol. The lowest BCUT2D eigenvalue weighted by Crippen LogP contribution is -2.37. The van der Waals surface area contributed by atoms with E-state index in [-0.39, 0.29) is 6.04 Å². The number of nitrogens with zero attached hydrogens (tertiary/aromatic N) is 5. The van der Waals surface area contributed by atoms with E-state index < -0.39 is 11.0 Å². The van der Waals surface area contributed by atoms with E-state index in [1.54, 1.807) is 4.31 Å². The van der Waals surface area contributed by atoms with Crippen LogP contribution in [0.3, 0.4) is 0 Å². The number of benzene rings is 2. The Morgan fingerprint density at radius 2 is 1.85 bits per heavy atom. The maximum absolute atomic E-state index is 12.2. The van der Waals surface area contributed by atoms with Crippen molar-refractivity contribution in [1.82, 2.24) is 24.1 Å². The standard InChI is InChI=1S/C24H22N6O2S/c1-2-33(31)29-14-6-7-18(15-29)30-24-21(23(25)26-16-27-24)22(28-30)17-10-12-20(13-11-17)32-19-8-4-3-5-9-19/h1,3-5,8-13,16,18H,6-7,14-15H2,(H2,25,26,27). The summed E-state index contributed by atoms with van der Waals surface area (Å²) in [5.41, 5.74) is 8.48. The number of anilines is 1. The number of nitrogen functional groups attached to an aromatic ring is 1. The highest BCUT2D eigenvalue weighted by molar-refractivity contribution is 7.87. The average molecular weight is 459 g/mol. The van der Waals surface area contributed by atoms with Gasteiger partial charge in [0.05, 0.1) is 11.4 Å². The van der Waals surface area contributed by atoms with Crippen LogP contribution >= 0.6 is 0 Å². The van der Waals surface area contributed by atoms with Crippen molar-refractivity contribution in [2.75, 3.05) is 18.8 Å². The second-order valence-electron chi connectivity index (χ2n) is 7.74. The van der Waals surface area contributed by atoms with Crippen molar-refractivity contribution in [1.29, 1.82) is 0 Å². The number of terminal acetylenes is 1. The van der Waals surface area contributed by atoms with Crippen LogP contribution in [0, 0.1) is 11.7 Å². The second-order valence-corrected chi connectivity index (χ2v) is 8.99. The number of hydrogen-bond donors (Lipinski definition) is 1. The molecule has 4 aromatic rings. The zero-order valence-corrected chi connectivity index (χ0v) is 18.6. The smallest absolute Gasteiger partial charge is 0.173 e. The second kappa shape index (κ2) is 9.02. The van der Waals surface area contributed by atoms with Crippen LogP contribution in [-0.2, 0) is 11.0 Å². The van der Waals surface area contributed by atoms with Crippen LogP contribution in [0.2, 0.25) is 0 Å². The number of hydrogen-bond acceptors (Lipinski definition) is 6. The first-order valence-electron chi connectivity index (χ1n) is 10.6. The van der Waals surface area contributed by atoms with E-state index in [0.717, 1.165) is 29.9 Å². The first-order chi connectivity index (χ1) is 16.1. The van der Waals surface area contributed by atoms with E-state index in [2.05, 4.69) is 15.2 Å². The molecule has 0 bridgehead atoms. The minimum Gasteiger partial charge on any atom is -0.457 e. The van der Waals surface area contributed by atoms with Gasteiger partial charge in [-0.25, -0.2) is 23.2 Å². The lowest BCUT2D eigenvalue weighted by Gasteiger charge is -2.30. The molecule has 8 nitrogen and oxygen atoms in total. The molecule has 0 radical (unpaired) electrons. The Kier molecular flexibility index (Phi) is 5.77. The zero-order chi connectivity index (χ0) is 22.8. The Balaban J connectivity index is 1.50. The van der Waals surface area contributed by atoms with Crippen molar-refractivity contribution in [3.63, 3.8) is 0 Å². The van der Waals surface area contributed by atoms with Crippen LogP contribution in [0.15, 0.2) is 60.9 Å². The van der Waals surface area contributed by atoms with Gasteiger partial charge in [-0.2, -0.15) is 5.10 Å². The van der Waals surface area contributed by atoms with Crippen molar-refractivity contribution in [2.45, 2.75) is 18.9 Å². The molecule has 2 aromatic carbocycles. The number of para-hydroxylation sites is 1. The first kappa shape index (κ1) is 21.1. The van der Waals surface area contributed by atoms with Gasteiger partial charge in [-0.3, -0.25) is 0 Å². The predicted molar refractivity (Wildman–Crippen MR) is 129 cm³/mol. The fourth-order valence-corrected chi connectivity index (χ4v) is 4.85. The van der Waals surface area contributed by atoms with Crippen molar-refractivity contribution >= 4 is 27.8 Å². The lowest BCUT2D eigenvalue weighted by atomic mass is 10.1. The molecule has 2 aromatic heterocycles. The average Bonchev–Trinajstić information content (AvgIpc) is 3.26. The number of piperidine rings is 1. The van der Waals surface area contributed by atoms with Crippen LogP contribution in [0.1, 0.15) is 18.9 Å². The van der Waals surface area contributed by atoms with Gasteiger partial charge in [0.25, 0.3) is 0 Å². The van der Waals surface area contributed by atoms with E-state index >= 15 is 0 Å². The summed E-state index contributed by atoms with van der Waals surface area (Å²) in [5, 5.41) is 7.91. The zero-order valence-electron chi connectivity index (χ0n) is 17.8. The normalized spacial score (nSPS) is 17.5. The highest BCUT2D eigenvalue weighted by Crippen LogP contribution is 2.35. The molecule has 166 valence electrons. The fraction of sp³-hybridized carbons (Fsp3) is 0.208. The summed E-state index contributed by atoms with van der Waals surface area (Å²) < 4.78 is 21.7. The number of rotatable bonds is 5. The van der Waals surface area contributed by atoms with Gasteiger partial charge in [0.1, 0.15) is 29.3 Å². The number of fused-ring (bicyclic) bond motifs is 1. The van der Waals surface area contributed by atoms with Crippen LogP contribution in [0.5, 0.6) is 11.5 Å². The fourth-order valence-electron chi connectivity index (χ4n) is 4.10. The van der Waals surface area contributed by atoms with E-state index in [1.165, 1.54) is 6.33 Å². The lowest BCUT2D eigenvalue weighted by molar-refractivity contribution is 0.268. The quantitative estimate of drug-likeness (QED) is 0.457. The molecule has 1 aliphatic heterocycles. The Morgan fingerprint density at radius 3 is 2.61 bits per heavy atom. The molecule has 5 rings (SSSR count). The summed E-state index contributed by atoms with van der Waals surface area (Å²) in [6.45, 7) is 1.22. The summed E-state index contributed by atoms with van der Waals surface area (Å²) in [6.07, 6.45) is 8.56. The Bertz CT molecular complexity index is 1350. The van der Waals surface area contributed by atoms with Crippen molar-refractivity contribution < 1.29 is 8.95 Å². The van der Waals surface area contributed by atoms with E-state index in [9.17, 15) is 4.21 Å². The van der Waals surface area contributed by atoms with Gasteiger partial charge in [-0.1, -0.05) is 18.2 Å². The van der Waals surface area contributed by atoms with Crippen LogP contribution in [-0.4, -0.2) is 41.4 Å². The Morgan fingerprint density at radius 1 is 1.09 bits per heavy atom. The molecule has 0 aliphatic carbocycles. The summed E-state index contributed by atoms with van der Waals surface area (Å²) >= 11 is 0. The molecule has 1 aliphatic rings. The summed E-state index contributed by atoms with van der Waals surface area (Å²) in [7, 11) is -1.45. The first-order valence-corrected chi connectivity index (χ1v) is 11.7. The van der Waals surface area contributed by atoms with Crippen LogP contribution in [0.25, 0.3) is 22.3 Å². The van der Waals surface area contributed by atoms with Gasteiger partial charge in [0.15, 0.2) is 16.6 Å². The van der Waals surface area contributed by atoms with E-state index in [0.29, 0.717) is 35.6 Å². The van der Waals surface area contributed by atoms with Crippen LogP contribution < -0.4 is 10.5 Å². The molecule has 0 saturated carbocycles. The maximum atomic E-state index is 12.2. The summed E-state index contributed by atoms with van der Waals surface area (Å²) in [6, 6.07) is 17.3. The van der Waals surface area contributed by atoms with Gasteiger partial charge in [0.2, 0.25) is 0 Å². The highest BCUT2D eigenvalue weighted by atomic mass is 32.2. The number of nitrogens with two attached hydrogens (primary N) is 1. The van der Waals surface area contributed by atoms with Crippen molar-refractivity contribution in [3.8, 4) is 34.4 Å². The summed E-state index contributed by atoms with van der Waals surface area (Å²) in [4.78, 5) is 8.66. The number of aromatic nitrogens is 4. The number of ether oxygens (including phenoxy) is 1. The molecule has 1 fully saturated rings. The molecule has 2 atom stereocenters. The van der Waals surface area contributed by atoms with Crippen molar-refractivity contribution in [3.05, 3.63) is 60.9 Å². The minimum absolute atomic E-state index is 0.0257. The van der Waals surface area contributed by atoms with E-state index in [1.807, 2.05) is 59.3 Å². The van der Waals surface area contributed by atoms with Gasteiger partial charge >= 0.3 is 0 Å². The molecular weight excluding hydrogens is 436 g/mol. The third kappa shape index (κ3) is 4.18. The maximum Gasteiger partial charge on any atom is 0.173 e. The molecule has 2 unspecified atom stereocenters. The molecule has 0 spiro atoms.